The second kappa shape index (κ2) is 6.24. The summed E-state index contributed by atoms with van der Waals surface area (Å²) in [5, 5.41) is 6.63. The summed E-state index contributed by atoms with van der Waals surface area (Å²) in [5.41, 5.74) is 5.33. The van der Waals surface area contributed by atoms with Gasteiger partial charge in [0.25, 0.3) is 5.91 Å². The Morgan fingerprint density at radius 2 is 1.79 bits per heavy atom. The largest absolute Gasteiger partial charge is 0.457 e. The van der Waals surface area contributed by atoms with Gasteiger partial charge < -0.3 is 10.1 Å². The molecule has 2 aliphatic rings. The number of cyclic esters (lactones) is 1. The molecule has 5 rings (SSSR count). The lowest BCUT2D eigenvalue weighted by Gasteiger charge is -2.06. The minimum atomic E-state index is -0.275. The van der Waals surface area contributed by atoms with Crippen LogP contribution in [0.15, 0.2) is 54.2 Å². The highest BCUT2D eigenvalue weighted by atomic mass is 32.1. The van der Waals surface area contributed by atoms with Crippen LogP contribution in [0, 0.1) is 0 Å². The van der Waals surface area contributed by atoms with Gasteiger partial charge in [0.2, 0.25) is 0 Å². The number of nitrogens with zero attached hydrogens (tertiary/aromatic N) is 1. The minimum absolute atomic E-state index is 0.268. The van der Waals surface area contributed by atoms with Crippen molar-refractivity contribution in [1.82, 2.24) is 15.6 Å². The average molecular weight is 387 g/mol. The van der Waals surface area contributed by atoms with Crippen molar-refractivity contribution in [3.05, 3.63) is 71.0 Å². The van der Waals surface area contributed by atoms with Crippen molar-refractivity contribution < 1.29 is 14.3 Å². The van der Waals surface area contributed by atoms with Crippen molar-refractivity contribution >= 4 is 46.2 Å². The number of pyridine rings is 1. The van der Waals surface area contributed by atoms with Crippen molar-refractivity contribution in [3.8, 4) is 11.1 Å². The van der Waals surface area contributed by atoms with Gasteiger partial charge in [0.1, 0.15) is 12.3 Å². The maximum absolute atomic E-state index is 11.8. The van der Waals surface area contributed by atoms with Gasteiger partial charge in [-0.15, -0.1) is 0 Å². The van der Waals surface area contributed by atoms with E-state index in [4.69, 9.17) is 17.0 Å². The normalized spacial score (nSPS) is 16.9. The summed E-state index contributed by atoms with van der Waals surface area (Å²) < 4.78 is 5.07. The van der Waals surface area contributed by atoms with Gasteiger partial charge in [-0.3, -0.25) is 10.1 Å². The number of hydrogen-bond donors (Lipinski definition) is 2. The Hall–Kier alpha value is -3.58. The number of hydrogen-bond acceptors (Lipinski definition) is 5. The van der Waals surface area contributed by atoms with Crippen molar-refractivity contribution in [1.29, 1.82) is 0 Å². The number of nitrogens with one attached hydrogen (secondary N) is 2. The Balaban J connectivity index is 1.54. The molecule has 0 aliphatic carbocycles. The maximum atomic E-state index is 11.8. The molecule has 0 unspecified atom stereocenters. The average Bonchev–Trinajstić information content (AvgIpc) is 3.22. The van der Waals surface area contributed by atoms with Gasteiger partial charge >= 0.3 is 5.97 Å². The van der Waals surface area contributed by atoms with Crippen LogP contribution in [-0.4, -0.2) is 22.0 Å². The molecule has 3 heterocycles. The number of thiocarbonyl (C=S) groups is 1. The first-order valence-electron chi connectivity index (χ1n) is 8.62. The Labute approximate surface area is 165 Å². The van der Waals surface area contributed by atoms with Crippen LogP contribution in [0.3, 0.4) is 0 Å². The molecule has 1 fully saturated rings. The van der Waals surface area contributed by atoms with Crippen LogP contribution in [0.5, 0.6) is 0 Å². The molecule has 136 valence electrons. The summed E-state index contributed by atoms with van der Waals surface area (Å²) in [5.74, 6) is -0.543. The summed E-state index contributed by atoms with van der Waals surface area (Å²) in [4.78, 5) is 28.1. The zero-order valence-electron chi connectivity index (χ0n) is 14.5. The second-order valence-corrected chi connectivity index (χ2v) is 6.97. The quantitative estimate of drug-likeness (QED) is 0.400. The van der Waals surface area contributed by atoms with Crippen LogP contribution in [0.4, 0.5) is 0 Å². The van der Waals surface area contributed by atoms with Gasteiger partial charge in [-0.25, -0.2) is 9.78 Å². The fourth-order valence-electron chi connectivity index (χ4n) is 3.34. The van der Waals surface area contributed by atoms with Gasteiger partial charge in [-0.05, 0) is 53.7 Å². The molecule has 0 atom stereocenters. The van der Waals surface area contributed by atoms with Crippen molar-refractivity contribution in [2.24, 2.45) is 0 Å². The number of aromatic nitrogens is 1. The molecular weight excluding hydrogens is 374 g/mol. The molecular formula is C21H13N3O3S. The van der Waals surface area contributed by atoms with Crippen molar-refractivity contribution in [2.45, 2.75) is 6.61 Å². The van der Waals surface area contributed by atoms with Crippen molar-refractivity contribution in [3.63, 3.8) is 0 Å². The Bertz CT molecular complexity index is 1230. The summed E-state index contributed by atoms with van der Waals surface area (Å²) in [6, 6.07) is 15.5. The van der Waals surface area contributed by atoms with Crippen LogP contribution in [0.25, 0.3) is 28.1 Å². The Morgan fingerprint density at radius 1 is 1.00 bits per heavy atom. The van der Waals surface area contributed by atoms with E-state index in [1.165, 1.54) is 0 Å². The smallest absolute Gasteiger partial charge is 0.338 e. The van der Waals surface area contributed by atoms with E-state index in [2.05, 4.69) is 15.6 Å². The molecule has 0 radical (unpaired) electrons. The fraction of sp³-hybridized carbons (Fsp3) is 0.0476. The molecule has 2 N–H and O–H groups in total. The van der Waals surface area contributed by atoms with Crippen LogP contribution in [-0.2, 0) is 16.1 Å². The van der Waals surface area contributed by atoms with E-state index in [0.717, 1.165) is 27.6 Å². The molecule has 0 bridgehead atoms. The lowest BCUT2D eigenvalue weighted by Crippen LogP contribution is -2.21. The molecule has 1 amide bonds. The third kappa shape index (κ3) is 2.82. The number of amides is 1. The predicted octanol–water partition coefficient (Wildman–Crippen LogP) is 2.92. The molecule has 2 aromatic carbocycles. The minimum Gasteiger partial charge on any atom is -0.457 e. The first kappa shape index (κ1) is 16.6. The number of rotatable bonds is 2. The molecule has 2 aliphatic heterocycles. The molecule has 28 heavy (non-hydrogen) atoms. The molecule has 0 spiro atoms. The standard InChI is InChI=1S/C21H13N3O3S/c25-19-18(23-21(28)24-19)9-15-5-3-11-1-2-13(8-17(11)22-15)12-4-6-16-14(7-12)10-27-20(16)26/h1-9H,10H2,(H2,23,24,25,28). The van der Waals surface area contributed by atoms with E-state index >= 15 is 0 Å². The van der Waals surface area contributed by atoms with E-state index < -0.39 is 0 Å². The van der Waals surface area contributed by atoms with Gasteiger partial charge in [0, 0.05) is 10.9 Å². The SMILES string of the molecule is O=C1NC(=S)NC1=Cc1ccc2ccc(-c3ccc4c(c3)COC4=O)cc2n1. The topological polar surface area (TPSA) is 80.3 Å². The molecule has 7 heteroatoms. The fourth-order valence-corrected chi connectivity index (χ4v) is 3.54. The molecule has 1 saturated heterocycles. The summed E-state index contributed by atoms with van der Waals surface area (Å²) in [6.07, 6.45) is 1.67. The second-order valence-electron chi connectivity index (χ2n) is 6.56. The summed E-state index contributed by atoms with van der Waals surface area (Å²) in [6.45, 7) is 0.308. The van der Waals surface area contributed by atoms with Crippen LogP contribution >= 0.6 is 12.2 Å². The van der Waals surface area contributed by atoms with Crippen molar-refractivity contribution in [2.75, 3.05) is 0 Å². The van der Waals surface area contributed by atoms with Crippen LogP contribution in [0.1, 0.15) is 21.6 Å². The van der Waals surface area contributed by atoms with E-state index in [-0.39, 0.29) is 11.9 Å². The van der Waals surface area contributed by atoms with Gasteiger partial charge in [-0.1, -0.05) is 24.3 Å². The van der Waals surface area contributed by atoms with Crippen LogP contribution < -0.4 is 10.6 Å². The van der Waals surface area contributed by atoms with Gasteiger partial charge in [0.05, 0.1) is 16.8 Å². The van der Waals surface area contributed by atoms with Gasteiger partial charge in [0.15, 0.2) is 5.11 Å². The summed E-state index contributed by atoms with van der Waals surface area (Å²) >= 11 is 4.94. The van der Waals surface area contributed by atoms with E-state index in [1.807, 2.05) is 42.5 Å². The lowest BCUT2D eigenvalue weighted by atomic mass is 9.99. The molecule has 3 aromatic rings. The van der Waals surface area contributed by atoms with E-state index in [1.54, 1.807) is 12.1 Å². The molecule has 0 saturated carbocycles. The van der Waals surface area contributed by atoms with Crippen LogP contribution in [0.2, 0.25) is 0 Å². The highest BCUT2D eigenvalue weighted by Crippen LogP contribution is 2.29. The Morgan fingerprint density at radius 3 is 2.61 bits per heavy atom. The third-order valence-electron chi connectivity index (χ3n) is 4.74. The number of benzene rings is 2. The number of carbonyl (C=O) groups excluding carboxylic acids is 2. The number of esters is 1. The first-order chi connectivity index (χ1) is 13.6. The molecule has 1 aromatic heterocycles. The molecule has 6 nitrogen and oxygen atoms in total. The van der Waals surface area contributed by atoms with E-state index in [0.29, 0.717) is 28.7 Å². The lowest BCUT2D eigenvalue weighted by molar-refractivity contribution is -0.115. The highest BCUT2D eigenvalue weighted by molar-refractivity contribution is 7.80. The third-order valence-corrected chi connectivity index (χ3v) is 4.95. The first-order valence-corrected chi connectivity index (χ1v) is 9.03. The zero-order valence-corrected chi connectivity index (χ0v) is 15.3. The van der Waals surface area contributed by atoms with Gasteiger partial charge in [-0.2, -0.15) is 0 Å². The predicted molar refractivity (Wildman–Crippen MR) is 108 cm³/mol. The zero-order chi connectivity index (χ0) is 19.3. The highest BCUT2D eigenvalue weighted by Gasteiger charge is 2.21. The summed E-state index contributed by atoms with van der Waals surface area (Å²) in [7, 11) is 0. The Kier molecular flexibility index (Phi) is 3.70. The maximum Gasteiger partial charge on any atom is 0.338 e. The van der Waals surface area contributed by atoms with E-state index in [9.17, 15) is 9.59 Å². The number of fused-ring (bicyclic) bond motifs is 2. The number of carbonyl (C=O) groups is 2. The monoisotopic (exact) mass is 387 g/mol. The number of ether oxygens (including phenoxy) is 1.